The highest BCUT2D eigenvalue weighted by Gasteiger charge is 2.28. The number of nitrogens with zero attached hydrogens (tertiary/aromatic N) is 2. The molecule has 0 aromatic carbocycles. The van der Waals surface area contributed by atoms with Gasteiger partial charge >= 0.3 is 5.97 Å². The lowest BCUT2D eigenvalue weighted by molar-refractivity contribution is -0.149. The average Bonchev–Trinajstić information content (AvgIpc) is 3.02. The molecule has 1 aromatic rings. The van der Waals surface area contributed by atoms with E-state index >= 15 is 0 Å². The molecular formula is C15H24IN3O3. The van der Waals surface area contributed by atoms with Gasteiger partial charge in [-0.05, 0) is 31.9 Å². The molecule has 0 bridgehead atoms. The van der Waals surface area contributed by atoms with Gasteiger partial charge in [0.15, 0.2) is 5.96 Å². The number of halogens is 1. The summed E-state index contributed by atoms with van der Waals surface area (Å²) in [5.41, 5.74) is 0. The van der Waals surface area contributed by atoms with Crippen LogP contribution in [0.1, 0.15) is 25.5 Å². The van der Waals surface area contributed by atoms with E-state index in [0.717, 1.165) is 31.1 Å². The Labute approximate surface area is 148 Å². The third-order valence-corrected chi connectivity index (χ3v) is 3.55. The standard InChI is InChI=1S/C15H23N3O3.HI/c1-3-20-14(19)12-6-4-8-18(11-12)15(16-2)17-10-13-7-5-9-21-13;/h5,7,9,12H,3-4,6,8,10-11H2,1-2H3,(H,16,17);1H. The van der Waals surface area contributed by atoms with Crippen LogP contribution < -0.4 is 5.32 Å². The van der Waals surface area contributed by atoms with Gasteiger partial charge in [0.1, 0.15) is 5.76 Å². The summed E-state index contributed by atoms with van der Waals surface area (Å²) >= 11 is 0. The van der Waals surface area contributed by atoms with Gasteiger partial charge in [0, 0.05) is 20.1 Å². The molecule has 1 aromatic heterocycles. The highest BCUT2D eigenvalue weighted by Crippen LogP contribution is 2.18. The molecule has 1 aliphatic rings. The Hall–Kier alpha value is -1.25. The molecule has 2 rings (SSSR count). The van der Waals surface area contributed by atoms with Crippen LogP contribution in [0.15, 0.2) is 27.8 Å². The van der Waals surface area contributed by atoms with Gasteiger partial charge in [-0.3, -0.25) is 9.79 Å². The fourth-order valence-electron chi connectivity index (χ4n) is 2.53. The van der Waals surface area contributed by atoms with Gasteiger partial charge in [-0.15, -0.1) is 24.0 Å². The molecule has 1 aliphatic heterocycles. The van der Waals surface area contributed by atoms with E-state index in [4.69, 9.17) is 9.15 Å². The Bertz CT molecular complexity index is 476. The zero-order valence-corrected chi connectivity index (χ0v) is 15.4. The second kappa shape index (κ2) is 9.70. The first-order chi connectivity index (χ1) is 10.2. The summed E-state index contributed by atoms with van der Waals surface area (Å²) in [6, 6.07) is 3.77. The molecule has 1 atom stereocenters. The summed E-state index contributed by atoms with van der Waals surface area (Å²) in [7, 11) is 1.75. The molecule has 124 valence electrons. The smallest absolute Gasteiger partial charge is 0.310 e. The molecule has 6 nitrogen and oxygen atoms in total. The van der Waals surface area contributed by atoms with Crippen molar-refractivity contribution in [1.29, 1.82) is 0 Å². The maximum absolute atomic E-state index is 11.9. The summed E-state index contributed by atoms with van der Waals surface area (Å²) in [5.74, 6) is 1.47. The summed E-state index contributed by atoms with van der Waals surface area (Å²) in [6.45, 7) is 4.40. The summed E-state index contributed by atoms with van der Waals surface area (Å²) in [4.78, 5) is 18.3. The van der Waals surface area contributed by atoms with Crippen molar-refractivity contribution in [2.45, 2.75) is 26.3 Å². The number of esters is 1. The van der Waals surface area contributed by atoms with Crippen LogP contribution in [-0.4, -0.2) is 43.6 Å². The molecule has 1 unspecified atom stereocenters. The zero-order chi connectivity index (χ0) is 15.1. The van der Waals surface area contributed by atoms with Gasteiger partial charge in [-0.25, -0.2) is 0 Å². The lowest BCUT2D eigenvalue weighted by atomic mass is 9.98. The number of ether oxygens (including phenoxy) is 1. The van der Waals surface area contributed by atoms with Crippen molar-refractivity contribution in [2.24, 2.45) is 10.9 Å². The van der Waals surface area contributed by atoms with Crippen molar-refractivity contribution >= 4 is 35.9 Å². The second-order valence-electron chi connectivity index (χ2n) is 5.02. The predicted molar refractivity (Wildman–Crippen MR) is 95.3 cm³/mol. The largest absolute Gasteiger partial charge is 0.467 e. The van der Waals surface area contributed by atoms with Gasteiger partial charge in [0.05, 0.1) is 25.3 Å². The fraction of sp³-hybridized carbons (Fsp3) is 0.600. The van der Waals surface area contributed by atoms with Crippen molar-refractivity contribution in [3.8, 4) is 0 Å². The molecule has 7 heteroatoms. The van der Waals surface area contributed by atoms with Gasteiger partial charge in [-0.2, -0.15) is 0 Å². The van der Waals surface area contributed by atoms with Crippen LogP contribution in [0.3, 0.4) is 0 Å². The number of hydrogen-bond donors (Lipinski definition) is 1. The number of hydrogen-bond acceptors (Lipinski definition) is 4. The first-order valence-electron chi connectivity index (χ1n) is 7.39. The number of furan rings is 1. The number of guanidine groups is 1. The molecule has 0 aliphatic carbocycles. The van der Waals surface area contributed by atoms with E-state index < -0.39 is 0 Å². The fourth-order valence-corrected chi connectivity index (χ4v) is 2.53. The topological polar surface area (TPSA) is 67.1 Å². The Morgan fingerprint density at radius 3 is 3.05 bits per heavy atom. The number of aliphatic imine (C=N–C) groups is 1. The SMILES string of the molecule is CCOC(=O)C1CCCN(C(=NC)NCc2ccco2)C1.I. The monoisotopic (exact) mass is 421 g/mol. The van der Waals surface area contributed by atoms with E-state index in [1.807, 2.05) is 19.1 Å². The van der Waals surface area contributed by atoms with E-state index in [1.54, 1.807) is 13.3 Å². The molecule has 1 fully saturated rings. The van der Waals surface area contributed by atoms with E-state index in [9.17, 15) is 4.79 Å². The first-order valence-corrected chi connectivity index (χ1v) is 7.39. The molecule has 1 N–H and O–H groups in total. The number of piperidine rings is 1. The quantitative estimate of drug-likeness (QED) is 0.350. The van der Waals surface area contributed by atoms with Crippen LogP contribution in [0.25, 0.3) is 0 Å². The zero-order valence-electron chi connectivity index (χ0n) is 13.1. The Morgan fingerprint density at radius 2 is 2.41 bits per heavy atom. The summed E-state index contributed by atoms with van der Waals surface area (Å²) in [6.07, 6.45) is 3.49. The van der Waals surface area contributed by atoms with Gasteiger partial charge in [0.2, 0.25) is 0 Å². The van der Waals surface area contributed by atoms with E-state index in [1.165, 1.54) is 0 Å². The molecule has 0 amide bonds. The van der Waals surface area contributed by atoms with E-state index in [-0.39, 0.29) is 35.9 Å². The Balaban J connectivity index is 0.00000242. The van der Waals surface area contributed by atoms with E-state index in [0.29, 0.717) is 19.7 Å². The highest BCUT2D eigenvalue weighted by molar-refractivity contribution is 14.0. The molecular weight excluding hydrogens is 397 g/mol. The summed E-state index contributed by atoms with van der Waals surface area (Å²) in [5, 5.41) is 3.26. The van der Waals surface area contributed by atoms with Crippen LogP contribution in [0.2, 0.25) is 0 Å². The molecule has 0 radical (unpaired) electrons. The van der Waals surface area contributed by atoms with Crippen LogP contribution in [-0.2, 0) is 16.1 Å². The van der Waals surface area contributed by atoms with Crippen LogP contribution in [0, 0.1) is 5.92 Å². The van der Waals surface area contributed by atoms with Crippen LogP contribution >= 0.6 is 24.0 Å². The molecule has 22 heavy (non-hydrogen) atoms. The second-order valence-corrected chi connectivity index (χ2v) is 5.02. The van der Waals surface area contributed by atoms with Crippen LogP contribution in [0.4, 0.5) is 0 Å². The number of nitrogens with one attached hydrogen (secondary N) is 1. The predicted octanol–water partition coefficient (Wildman–Crippen LogP) is 2.25. The lowest BCUT2D eigenvalue weighted by Crippen LogP contribution is -2.48. The minimum Gasteiger partial charge on any atom is -0.467 e. The number of carbonyl (C=O) groups excluding carboxylic acids is 1. The highest BCUT2D eigenvalue weighted by atomic mass is 127. The lowest BCUT2D eigenvalue weighted by Gasteiger charge is -2.33. The average molecular weight is 421 g/mol. The van der Waals surface area contributed by atoms with Gasteiger partial charge < -0.3 is 19.4 Å². The van der Waals surface area contributed by atoms with Crippen molar-refractivity contribution in [2.75, 3.05) is 26.7 Å². The van der Waals surface area contributed by atoms with E-state index in [2.05, 4.69) is 15.2 Å². The number of carbonyl (C=O) groups is 1. The molecule has 0 saturated carbocycles. The van der Waals surface area contributed by atoms with Crippen molar-refractivity contribution in [3.63, 3.8) is 0 Å². The minimum atomic E-state index is -0.108. The maximum Gasteiger partial charge on any atom is 0.310 e. The Kier molecular flexibility index (Phi) is 8.29. The molecule has 2 heterocycles. The van der Waals surface area contributed by atoms with Crippen LogP contribution in [0.5, 0.6) is 0 Å². The number of rotatable bonds is 4. The van der Waals surface area contributed by atoms with Crippen molar-refractivity contribution in [3.05, 3.63) is 24.2 Å². The van der Waals surface area contributed by atoms with Gasteiger partial charge in [-0.1, -0.05) is 0 Å². The first kappa shape index (κ1) is 18.8. The molecule has 1 saturated heterocycles. The van der Waals surface area contributed by atoms with Crippen molar-refractivity contribution < 1.29 is 13.9 Å². The maximum atomic E-state index is 11.9. The molecule has 0 spiro atoms. The normalized spacial score (nSPS) is 18.5. The third-order valence-electron chi connectivity index (χ3n) is 3.55. The Morgan fingerprint density at radius 1 is 1.59 bits per heavy atom. The van der Waals surface area contributed by atoms with Gasteiger partial charge in [0.25, 0.3) is 0 Å². The summed E-state index contributed by atoms with van der Waals surface area (Å²) < 4.78 is 10.4. The number of likely N-dealkylation sites (tertiary alicyclic amines) is 1. The third kappa shape index (κ3) is 5.19. The minimum absolute atomic E-state index is 0. The van der Waals surface area contributed by atoms with Crippen molar-refractivity contribution in [1.82, 2.24) is 10.2 Å².